The van der Waals surface area contributed by atoms with Crippen LogP contribution in [0.15, 0.2) is 59.4 Å². The minimum absolute atomic E-state index is 0.123. The Bertz CT molecular complexity index is 1110. The van der Waals surface area contributed by atoms with Crippen LogP contribution in [0, 0.1) is 5.92 Å². The first-order valence-electron chi connectivity index (χ1n) is 10.9. The van der Waals surface area contributed by atoms with Gasteiger partial charge in [0.05, 0.1) is 17.0 Å². The van der Waals surface area contributed by atoms with Crippen LogP contribution in [0.4, 0.5) is 4.79 Å². The maximum Gasteiger partial charge on any atom is 0.422 e. The summed E-state index contributed by atoms with van der Waals surface area (Å²) in [6.07, 6.45) is 4.41. The molecule has 4 N–H and O–H groups in total. The molecule has 2 aliphatic rings. The molecule has 11 heteroatoms. The number of hydrazine groups is 1. The molecule has 1 aliphatic carbocycles. The molecule has 0 bridgehead atoms. The van der Waals surface area contributed by atoms with E-state index in [9.17, 15) is 28.5 Å². The third kappa shape index (κ3) is 5.44. The molecule has 3 unspecified atom stereocenters. The molecule has 0 spiro atoms. The number of aliphatic hydroxyl groups is 2. The van der Waals surface area contributed by atoms with E-state index in [-0.39, 0.29) is 29.4 Å². The SMILES string of the molecule is CC(C)CNN(C(=O)O)C(CC1=CCC(O)(S(=O)(=O)c2ccc3c(c2)OC=CO3)C=C1)C(C)O. The molecule has 0 saturated carbocycles. The van der Waals surface area contributed by atoms with Gasteiger partial charge in [0.25, 0.3) is 0 Å². The van der Waals surface area contributed by atoms with Crippen LogP contribution in [0.1, 0.15) is 33.6 Å². The summed E-state index contributed by atoms with van der Waals surface area (Å²) in [5.41, 5.74) is 3.42. The Morgan fingerprint density at radius 2 is 1.88 bits per heavy atom. The quantitative estimate of drug-likeness (QED) is 0.380. The number of nitrogens with zero attached hydrogens (tertiary/aromatic N) is 1. The van der Waals surface area contributed by atoms with Gasteiger partial charge in [0.2, 0.25) is 9.84 Å². The predicted molar refractivity (Wildman–Crippen MR) is 124 cm³/mol. The van der Waals surface area contributed by atoms with Crippen molar-refractivity contribution >= 4 is 15.9 Å². The molecule has 10 nitrogen and oxygen atoms in total. The molecular formula is C23H30N2O8S. The Balaban J connectivity index is 1.77. The third-order valence-corrected chi connectivity index (χ3v) is 7.67. The number of hydrogen-bond donors (Lipinski definition) is 4. The Labute approximate surface area is 198 Å². The van der Waals surface area contributed by atoms with Gasteiger partial charge in [-0.1, -0.05) is 26.0 Å². The number of ether oxygens (including phenoxy) is 2. The molecule has 0 radical (unpaired) electrons. The molecule has 0 saturated heterocycles. The third-order valence-electron chi connectivity index (χ3n) is 5.56. The molecule has 0 aromatic heterocycles. The highest BCUT2D eigenvalue weighted by atomic mass is 32.2. The highest BCUT2D eigenvalue weighted by molar-refractivity contribution is 7.92. The first kappa shape index (κ1) is 25.8. The number of sulfone groups is 1. The van der Waals surface area contributed by atoms with Crippen LogP contribution in [0.25, 0.3) is 0 Å². The van der Waals surface area contributed by atoms with Crippen LogP contribution in [0.3, 0.4) is 0 Å². The van der Waals surface area contributed by atoms with Crippen molar-refractivity contribution in [2.45, 2.75) is 55.6 Å². The fourth-order valence-corrected chi connectivity index (χ4v) is 5.05. The standard InChI is InChI=1S/C23H30N2O8S/c1-15(2)14-24-25(22(27)28)19(16(3)26)12-17-6-8-23(29,9-7-17)34(30,31)18-4-5-20-21(13-18)33-11-10-32-20/h4-8,10-11,13,15-16,19,24,26,29H,9,12,14H2,1-3H3,(H,27,28). The zero-order valence-corrected chi connectivity index (χ0v) is 20.0. The zero-order chi connectivity index (χ0) is 25.1. The fraction of sp³-hybridized carbons (Fsp3) is 0.435. The Morgan fingerprint density at radius 1 is 1.21 bits per heavy atom. The van der Waals surface area contributed by atoms with E-state index < -0.39 is 33.0 Å². The van der Waals surface area contributed by atoms with Crippen LogP contribution in [0.5, 0.6) is 11.5 Å². The second-order valence-electron chi connectivity index (χ2n) is 8.70. The second-order valence-corrected chi connectivity index (χ2v) is 10.9. The Morgan fingerprint density at radius 3 is 2.44 bits per heavy atom. The van der Waals surface area contributed by atoms with Crippen LogP contribution < -0.4 is 14.9 Å². The van der Waals surface area contributed by atoms with Gasteiger partial charge in [-0.25, -0.2) is 23.6 Å². The molecule has 3 atom stereocenters. The van der Waals surface area contributed by atoms with Crippen LogP contribution >= 0.6 is 0 Å². The van der Waals surface area contributed by atoms with Crippen LogP contribution in [0.2, 0.25) is 0 Å². The summed E-state index contributed by atoms with van der Waals surface area (Å²) < 4.78 is 36.9. The predicted octanol–water partition coefficient (Wildman–Crippen LogP) is 2.56. The molecule has 1 aromatic carbocycles. The lowest BCUT2D eigenvalue weighted by atomic mass is 9.96. The topological polar surface area (TPSA) is 146 Å². The van der Waals surface area contributed by atoms with E-state index in [1.807, 2.05) is 13.8 Å². The summed E-state index contributed by atoms with van der Waals surface area (Å²) in [7, 11) is -4.21. The second kappa shape index (κ2) is 10.2. The number of carbonyl (C=O) groups is 1. The van der Waals surface area contributed by atoms with E-state index in [1.54, 1.807) is 0 Å². The number of carboxylic acid groups (broad SMARTS) is 1. The number of hydrogen-bond acceptors (Lipinski definition) is 8. The van der Waals surface area contributed by atoms with Gasteiger partial charge in [0.1, 0.15) is 12.5 Å². The molecule has 1 amide bonds. The summed E-state index contributed by atoms with van der Waals surface area (Å²) in [5, 5.41) is 31.8. The molecule has 1 aromatic rings. The minimum atomic E-state index is -4.21. The lowest BCUT2D eigenvalue weighted by molar-refractivity contribution is 0.0289. The van der Waals surface area contributed by atoms with Crippen molar-refractivity contribution in [2.24, 2.45) is 5.92 Å². The van der Waals surface area contributed by atoms with Gasteiger partial charge in [-0.05, 0) is 43.0 Å². The van der Waals surface area contributed by atoms with E-state index in [4.69, 9.17) is 9.47 Å². The van der Waals surface area contributed by atoms with Gasteiger partial charge in [-0.3, -0.25) is 0 Å². The van der Waals surface area contributed by atoms with Crippen molar-refractivity contribution in [1.82, 2.24) is 10.4 Å². The van der Waals surface area contributed by atoms with Gasteiger partial charge in [-0.15, -0.1) is 0 Å². The zero-order valence-electron chi connectivity index (χ0n) is 19.2. The first-order chi connectivity index (χ1) is 15.9. The maximum atomic E-state index is 13.2. The molecule has 186 valence electrons. The number of amides is 1. The Kier molecular flexibility index (Phi) is 7.71. The summed E-state index contributed by atoms with van der Waals surface area (Å²) >= 11 is 0. The number of rotatable bonds is 9. The first-order valence-corrected chi connectivity index (χ1v) is 12.3. The molecule has 34 heavy (non-hydrogen) atoms. The summed E-state index contributed by atoms with van der Waals surface area (Å²) in [5.74, 6) is 0.751. The molecule has 1 heterocycles. The minimum Gasteiger partial charge on any atom is -0.464 e. The smallest absolute Gasteiger partial charge is 0.422 e. The number of nitrogens with one attached hydrogen (secondary N) is 1. The van der Waals surface area contributed by atoms with Gasteiger partial charge in [0.15, 0.2) is 16.4 Å². The van der Waals surface area contributed by atoms with E-state index in [0.29, 0.717) is 17.9 Å². The average molecular weight is 495 g/mol. The molecule has 3 rings (SSSR count). The van der Waals surface area contributed by atoms with Crippen molar-refractivity contribution in [3.05, 3.63) is 54.5 Å². The van der Waals surface area contributed by atoms with E-state index in [1.165, 1.54) is 55.9 Å². The number of benzene rings is 1. The van der Waals surface area contributed by atoms with Crippen molar-refractivity contribution < 1.29 is 38.0 Å². The monoisotopic (exact) mass is 494 g/mol. The lowest BCUT2D eigenvalue weighted by Crippen LogP contribution is -2.54. The lowest BCUT2D eigenvalue weighted by Gasteiger charge is -2.33. The van der Waals surface area contributed by atoms with Crippen molar-refractivity contribution in [3.63, 3.8) is 0 Å². The molecule has 0 fully saturated rings. The Hall–Kier alpha value is -2.86. The highest BCUT2D eigenvalue weighted by Gasteiger charge is 2.42. The normalized spacial score (nSPS) is 21.2. The number of fused-ring (bicyclic) bond motifs is 1. The summed E-state index contributed by atoms with van der Waals surface area (Å²) in [6.45, 7) is 5.74. The van der Waals surface area contributed by atoms with Gasteiger partial charge < -0.3 is 24.8 Å². The number of allylic oxidation sites excluding steroid dienone is 1. The summed E-state index contributed by atoms with van der Waals surface area (Å²) in [4.78, 5) is 9.44. The molecular weight excluding hydrogens is 464 g/mol. The molecule has 1 aliphatic heterocycles. The highest BCUT2D eigenvalue weighted by Crippen LogP contribution is 2.38. The van der Waals surface area contributed by atoms with Crippen LogP contribution in [-0.4, -0.2) is 58.5 Å². The van der Waals surface area contributed by atoms with E-state index in [2.05, 4.69) is 5.43 Å². The van der Waals surface area contributed by atoms with Gasteiger partial charge in [-0.2, -0.15) is 0 Å². The average Bonchev–Trinajstić information content (AvgIpc) is 2.78. The van der Waals surface area contributed by atoms with E-state index >= 15 is 0 Å². The number of aliphatic hydroxyl groups excluding tert-OH is 1. The van der Waals surface area contributed by atoms with Gasteiger partial charge in [0, 0.05) is 19.0 Å². The summed E-state index contributed by atoms with van der Waals surface area (Å²) in [6, 6.07) is 3.24. The van der Waals surface area contributed by atoms with E-state index in [0.717, 1.165) is 5.01 Å². The van der Waals surface area contributed by atoms with Crippen molar-refractivity contribution in [2.75, 3.05) is 6.54 Å². The maximum absolute atomic E-state index is 13.2. The van der Waals surface area contributed by atoms with Gasteiger partial charge >= 0.3 is 6.09 Å². The largest absolute Gasteiger partial charge is 0.464 e. The van der Waals surface area contributed by atoms with Crippen molar-refractivity contribution in [1.29, 1.82) is 0 Å². The fourth-order valence-electron chi connectivity index (χ4n) is 3.58. The van der Waals surface area contributed by atoms with Crippen molar-refractivity contribution in [3.8, 4) is 11.5 Å². The van der Waals surface area contributed by atoms with Crippen LogP contribution in [-0.2, 0) is 9.84 Å².